The molecule has 0 aliphatic heterocycles. The second kappa shape index (κ2) is 5.27. The monoisotopic (exact) mass is 131 g/mol. The summed E-state index contributed by atoms with van der Waals surface area (Å²) in [6.07, 6.45) is 2.15. The van der Waals surface area contributed by atoms with Crippen molar-refractivity contribution in [2.45, 2.75) is 0 Å². The molecule has 0 rings (SSSR count). The summed E-state index contributed by atoms with van der Waals surface area (Å²) in [5.74, 6) is -1.24. The van der Waals surface area contributed by atoms with Crippen LogP contribution in [0.1, 0.15) is 0 Å². The standard InChI is InChI=1S/C5H8O4/c1-8-9-4-2-3-5(6)7/h2-3H,4H2,1H3,(H,6,7)/p-1/b3-2+. The number of carboxylic acids is 1. The first-order valence-electron chi connectivity index (χ1n) is 2.30. The minimum atomic E-state index is -1.24. The molecule has 0 spiro atoms. The third-order valence-corrected chi connectivity index (χ3v) is 0.536. The van der Waals surface area contributed by atoms with Gasteiger partial charge in [0.05, 0.1) is 13.1 Å². The number of aliphatic carboxylic acids is 1. The van der Waals surface area contributed by atoms with E-state index in [2.05, 4.69) is 9.78 Å². The van der Waals surface area contributed by atoms with Crippen LogP contribution in [0.25, 0.3) is 0 Å². The van der Waals surface area contributed by atoms with Gasteiger partial charge in [-0.25, -0.2) is 9.78 Å². The van der Waals surface area contributed by atoms with Crippen molar-refractivity contribution in [1.29, 1.82) is 0 Å². The second-order valence-corrected chi connectivity index (χ2v) is 1.17. The molecule has 0 aromatic carbocycles. The van der Waals surface area contributed by atoms with Gasteiger partial charge in [-0.1, -0.05) is 6.08 Å². The molecule has 0 unspecified atom stereocenters. The summed E-state index contributed by atoms with van der Waals surface area (Å²) in [7, 11) is 1.34. The van der Waals surface area contributed by atoms with Gasteiger partial charge in [0.15, 0.2) is 0 Å². The zero-order valence-electron chi connectivity index (χ0n) is 4.99. The average molecular weight is 131 g/mol. The number of carbonyl (C=O) groups is 1. The predicted octanol–water partition coefficient (Wildman–Crippen LogP) is -1.13. The number of hydrogen-bond donors (Lipinski definition) is 0. The van der Waals surface area contributed by atoms with Crippen LogP contribution in [0.15, 0.2) is 12.2 Å². The Kier molecular flexibility index (Phi) is 4.76. The molecular formula is C5H7O4-. The Morgan fingerprint density at radius 1 is 1.78 bits per heavy atom. The normalized spacial score (nSPS) is 10.3. The maximum atomic E-state index is 9.67. The molecule has 0 aliphatic rings. The average Bonchev–Trinajstić information content (AvgIpc) is 1.80. The summed E-state index contributed by atoms with van der Waals surface area (Å²) in [6, 6.07) is 0. The summed E-state index contributed by atoms with van der Waals surface area (Å²) in [5, 5.41) is 9.67. The van der Waals surface area contributed by atoms with Crippen molar-refractivity contribution in [3.8, 4) is 0 Å². The van der Waals surface area contributed by atoms with E-state index in [9.17, 15) is 9.90 Å². The molecule has 4 nitrogen and oxygen atoms in total. The van der Waals surface area contributed by atoms with Gasteiger partial charge in [0.2, 0.25) is 0 Å². The summed E-state index contributed by atoms with van der Waals surface area (Å²) < 4.78 is 0. The Morgan fingerprint density at radius 2 is 2.44 bits per heavy atom. The van der Waals surface area contributed by atoms with Crippen LogP contribution >= 0.6 is 0 Å². The summed E-state index contributed by atoms with van der Waals surface area (Å²) in [6.45, 7) is 0.116. The van der Waals surface area contributed by atoms with Crippen molar-refractivity contribution >= 4 is 5.97 Å². The number of carboxylic acid groups (broad SMARTS) is 1. The topological polar surface area (TPSA) is 58.6 Å². The number of rotatable bonds is 4. The van der Waals surface area contributed by atoms with Crippen LogP contribution in [-0.2, 0) is 14.6 Å². The van der Waals surface area contributed by atoms with Crippen LogP contribution in [0.4, 0.5) is 0 Å². The zero-order chi connectivity index (χ0) is 7.11. The summed E-state index contributed by atoms with van der Waals surface area (Å²) in [5.41, 5.74) is 0. The summed E-state index contributed by atoms with van der Waals surface area (Å²) in [4.78, 5) is 18.1. The minimum Gasteiger partial charge on any atom is -0.545 e. The first-order chi connectivity index (χ1) is 4.27. The van der Waals surface area contributed by atoms with Crippen molar-refractivity contribution in [3.63, 3.8) is 0 Å². The molecule has 0 radical (unpaired) electrons. The highest BCUT2D eigenvalue weighted by molar-refractivity contribution is 5.77. The molecule has 0 saturated heterocycles. The van der Waals surface area contributed by atoms with E-state index in [1.807, 2.05) is 0 Å². The van der Waals surface area contributed by atoms with Gasteiger partial charge < -0.3 is 9.90 Å². The Bertz CT molecular complexity index is 108. The van der Waals surface area contributed by atoms with Crippen LogP contribution in [-0.4, -0.2) is 19.7 Å². The van der Waals surface area contributed by atoms with Gasteiger partial charge in [0.1, 0.15) is 6.61 Å². The maximum Gasteiger partial charge on any atom is 0.101 e. The van der Waals surface area contributed by atoms with Gasteiger partial charge in [-0.05, 0) is 6.08 Å². The van der Waals surface area contributed by atoms with Crippen molar-refractivity contribution in [2.75, 3.05) is 13.7 Å². The van der Waals surface area contributed by atoms with Crippen LogP contribution < -0.4 is 5.11 Å². The van der Waals surface area contributed by atoms with Crippen molar-refractivity contribution in [1.82, 2.24) is 0 Å². The largest absolute Gasteiger partial charge is 0.545 e. The lowest BCUT2D eigenvalue weighted by Gasteiger charge is -1.92. The lowest BCUT2D eigenvalue weighted by atomic mass is 10.5. The molecule has 9 heavy (non-hydrogen) atoms. The molecule has 0 amide bonds. The lowest BCUT2D eigenvalue weighted by molar-refractivity contribution is -0.297. The molecule has 0 saturated carbocycles. The fraction of sp³-hybridized carbons (Fsp3) is 0.400. The highest BCUT2D eigenvalue weighted by Crippen LogP contribution is 1.75. The van der Waals surface area contributed by atoms with Crippen LogP contribution in [0.2, 0.25) is 0 Å². The summed E-state index contributed by atoms with van der Waals surface area (Å²) >= 11 is 0. The quantitative estimate of drug-likeness (QED) is 0.210. The number of carbonyl (C=O) groups excluding carboxylic acids is 1. The van der Waals surface area contributed by atoms with E-state index in [0.29, 0.717) is 0 Å². The lowest BCUT2D eigenvalue weighted by Crippen LogP contribution is -2.18. The first kappa shape index (κ1) is 8.13. The Hall–Kier alpha value is -0.870. The molecule has 0 N–H and O–H groups in total. The minimum absolute atomic E-state index is 0.116. The highest BCUT2D eigenvalue weighted by atomic mass is 17.2. The van der Waals surface area contributed by atoms with E-state index >= 15 is 0 Å². The van der Waals surface area contributed by atoms with Gasteiger partial charge >= 0.3 is 0 Å². The molecule has 0 atom stereocenters. The molecular weight excluding hydrogens is 124 g/mol. The van der Waals surface area contributed by atoms with Crippen molar-refractivity contribution in [2.24, 2.45) is 0 Å². The fourth-order valence-electron chi connectivity index (χ4n) is 0.252. The van der Waals surface area contributed by atoms with Gasteiger partial charge in [-0.2, -0.15) is 0 Å². The second-order valence-electron chi connectivity index (χ2n) is 1.17. The predicted molar refractivity (Wildman–Crippen MR) is 27.1 cm³/mol. The Morgan fingerprint density at radius 3 is 2.89 bits per heavy atom. The molecule has 52 valence electrons. The fourth-order valence-corrected chi connectivity index (χ4v) is 0.252. The molecule has 0 bridgehead atoms. The maximum absolute atomic E-state index is 9.67. The van der Waals surface area contributed by atoms with E-state index in [1.165, 1.54) is 13.2 Å². The molecule has 0 aromatic heterocycles. The van der Waals surface area contributed by atoms with E-state index in [1.54, 1.807) is 0 Å². The SMILES string of the molecule is COOC/C=C/C(=O)[O-]. The Balaban J connectivity index is 3.15. The van der Waals surface area contributed by atoms with E-state index < -0.39 is 5.97 Å². The van der Waals surface area contributed by atoms with Crippen LogP contribution in [0, 0.1) is 0 Å². The van der Waals surface area contributed by atoms with Crippen LogP contribution in [0.3, 0.4) is 0 Å². The Labute approximate surface area is 52.6 Å². The smallest absolute Gasteiger partial charge is 0.101 e. The zero-order valence-corrected chi connectivity index (χ0v) is 4.99. The molecule has 0 aliphatic carbocycles. The van der Waals surface area contributed by atoms with E-state index in [-0.39, 0.29) is 6.61 Å². The molecule has 4 heteroatoms. The van der Waals surface area contributed by atoms with Gasteiger partial charge in [-0.3, -0.25) is 0 Å². The van der Waals surface area contributed by atoms with Gasteiger partial charge in [-0.15, -0.1) is 0 Å². The van der Waals surface area contributed by atoms with Crippen LogP contribution in [0.5, 0.6) is 0 Å². The molecule has 0 heterocycles. The van der Waals surface area contributed by atoms with E-state index in [0.717, 1.165) is 6.08 Å². The molecule has 0 aromatic rings. The van der Waals surface area contributed by atoms with Gasteiger partial charge in [0.25, 0.3) is 0 Å². The number of hydrogen-bond acceptors (Lipinski definition) is 4. The third-order valence-electron chi connectivity index (χ3n) is 0.536. The van der Waals surface area contributed by atoms with Crippen molar-refractivity contribution in [3.05, 3.63) is 12.2 Å². The molecule has 0 fully saturated rings. The first-order valence-corrected chi connectivity index (χ1v) is 2.30. The van der Waals surface area contributed by atoms with E-state index in [4.69, 9.17) is 0 Å². The highest BCUT2D eigenvalue weighted by Gasteiger charge is 1.75. The van der Waals surface area contributed by atoms with Gasteiger partial charge in [0, 0.05) is 0 Å². The third kappa shape index (κ3) is 7.13. The van der Waals surface area contributed by atoms with Crippen molar-refractivity contribution < 1.29 is 19.7 Å².